The van der Waals surface area contributed by atoms with Crippen molar-refractivity contribution in [3.8, 4) is 0 Å². The summed E-state index contributed by atoms with van der Waals surface area (Å²) in [5.41, 5.74) is 0. The summed E-state index contributed by atoms with van der Waals surface area (Å²) in [5.74, 6) is -8.14. The second-order valence-corrected chi connectivity index (χ2v) is 35.0. The quantitative estimate of drug-likeness (QED) is 0.0199. The van der Waals surface area contributed by atoms with E-state index in [0.717, 1.165) is 85.0 Å². The zero-order valence-electron chi connectivity index (χ0n) is 74.9. The molecule has 26 N–H and O–H groups in total. The number of aliphatic carboxylic acids is 1. The van der Waals surface area contributed by atoms with Crippen molar-refractivity contribution in [1.29, 1.82) is 0 Å². The molecule has 38 atom stereocenters. The lowest BCUT2D eigenvalue weighted by Gasteiger charge is -2.50. The fourth-order valence-electron chi connectivity index (χ4n) is 17.1. The van der Waals surface area contributed by atoms with Gasteiger partial charge < -0.3 is 200 Å². The first-order valence-electron chi connectivity index (χ1n) is 46.1. The molecule has 0 aromatic rings. The van der Waals surface area contributed by atoms with Crippen molar-refractivity contribution in [2.24, 2.45) is 0 Å². The maximum absolute atomic E-state index is 13.7. The third-order valence-electron chi connectivity index (χ3n) is 24.7. The molecule has 7 heterocycles. The van der Waals surface area contributed by atoms with E-state index in [9.17, 15) is 136 Å². The fourth-order valence-corrected chi connectivity index (χ4v) is 17.1. The number of hydrogen-bond donors (Lipinski definition) is 26. The van der Waals surface area contributed by atoms with E-state index in [1.54, 1.807) is 6.08 Å². The van der Waals surface area contributed by atoms with Crippen LogP contribution in [0.25, 0.3) is 0 Å². The number of carbonyl (C=O) groups is 5. The van der Waals surface area contributed by atoms with Crippen LogP contribution in [0.1, 0.15) is 208 Å². The highest BCUT2D eigenvalue weighted by molar-refractivity contribution is 5.77. The van der Waals surface area contributed by atoms with Crippen molar-refractivity contribution in [2.45, 2.75) is 440 Å². The van der Waals surface area contributed by atoms with Crippen LogP contribution in [-0.4, -0.2) is 427 Å². The van der Waals surface area contributed by atoms with Gasteiger partial charge >= 0.3 is 5.97 Å². The smallest absolute Gasteiger partial charge is 0.364 e. The summed E-state index contributed by atoms with van der Waals surface area (Å²) in [6.45, 7) is -0.830. The minimum Gasteiger partial charge on any atom is -0.477 e. The number of amides is 4. The summed E-state index contributed by atoms with van der Waals surface area (Å²) in [4.78, 5) is 65.1. The zero-order chi connectivity index (χ0) is 95.6. The van der Waals surface area contributed by atoms with Crippen LogP contribution < -0.4 is 21.3 Å². The molecule has 7 saturated heterocycles. The average molecular weight is 1880 g/mol. The molecule has 7 aliphatic heterocycles. The van der Waals surface area contributed by atoms with Crippen LogP contribution in [-0.2, 0) is 90.3 Å². The van der Waals surface area contributed by atoms with E-state index >= 15 is 0 Å². The van der Waals surface area contributed by atoms with Gasteiger partial charge in [0.2, 0.25) is 23.6 Å². The summed E-state index contributed by atoms with van der Waals surface area (Å²) >= 11 is 0. The molecule has 0 aliphatic carbocycles. The highest BCUT2D eigenvalue weighted by Gasteiger charge is 2.61. The number of aliphatic hydroxyl groups is 21. The van der Waals surface area contributed by atoms with Crippen LogP contribution >= 0.6 is 0 Å². The van der Waals surface area contributed by atoms with Crippen LogP contribution in [0.5, 0.6) is 0 Å². The number of allylic oxidation sites excluding steroid dienone is 1. The third-order valence-corrected chi connectivity index (χ3v) is 24.7. The maximum atomic E-state index is 13.7. The standard InChI is InChI=1S/C85H150N4O41/c1-6-8-10-12-14-16-18-20-22-24-26-28-30-32-47(98)46(89-56(101)33-31-29-27-25-23-21-19-17-15-13-11-9-7-2)40-117-80-71(113)68(110)75(53(39-94)123-80)128-83-72(114)77(63(105)54(124-83)41-118-78-58(87-44(4)96)64(106)73(51(37-92)121-78)126-81-69(111)66(108)61(103)50(36-91)120-81)129-79-59(88-45(5)97)65(107)74(52(38-93)122-79)127-82-70(112)67(109)62(104)55(125-82)42-119-85(84(115)116)34-48(99)57(86-43(3)95)76(130-85)60(102)49(100)35-90/h30,32,46-55,57-83,90-94,98-100,102-114H,6-29,31,33-42H2,1-5H3,(H,86,95)(H,87,96)(H,88,97)(H,89,101)(H,115,116)/b32-30+/t46-,47+,48?,49+,50?,51?,52?,53?,54?,55?,57+,58?,59?,60+,61-,62-,63-,64+,65+,66-,67-,68+,69?,70?,71?,72?,73+,74+,75+,76?,77-,78+,79-,80+,81-,82-,83-,85+/m0/s1. The van der Waals surface area contributed by atoms with Gasteiger partial charge in [0, 0.05) is 33.6 Å². The predicted octanol–water partition coefficient (Wildman–Crippen LogP) is -6.03. The van der Waals surface area contributed by atoms with Crippen molar-refractivity contribution < 1.29 is 203 Å². The number of ether oxygens (including phenoxy) is 14. The second-order valence-electron chi connectivity index (χ2n) is 35.0. The molecule has 0 aromatic carbocycles. The summed E-state index contributed by atoms with van der Waals surface area (Å²) in [6, 6.07) is -6.61. The molecule has 0 radical (unpaired) electrons. The van der Waals surface area contributed by atoms with Crippen molar-refractivity contribution in [1.82, 2.24) is 21.3 Å². The average Bonchev–Trinajstić information content (AvgIpc) is 0.766. The lowest BCUT2D eigenvalue weighted by Crippen LogP contribution is -2.70. The first-order valence-corrected chi connectivity index (χ1v) is 46.1. The molecule has 14 unspecified atom stereocenters. The van der Waals surface area contributed by atoms with Gasteiger partial charge in [0.15, 0.2) is 37.7 Å². The van der Waals surface area contributed by atoms with Gasteiger partial charge in [-0.1, -0.05) is 167 Å². The molecule has 7 aliphatic rings. The van der Waals surface area contributed by atoms with E-state index in [0.29, 0.717) is 12.8 Å². The molecular formula is C85H150N4O41. The summed E-state index contributed by atoms with van der Waals surface area (Å²) in [6.07, 6.45) is -38.1. The van der Waals surface area contributed by atoms with Crippen LogP contribution in [0.4, 0.5) is 0 Å². The molecule has 130 heavy (non-hydrogen) atoms. The Labute approximate surface area is 756 Å². The highest BCUT2D eigenvalue weighted by atomic mass is 16.8. The molecule has 7 rings (SSSR count). The van der Waals surface area contributed by atoms with Gasteiger partial charge in [-0.25, -0.2) is 4.79 Å². The second kappa shape index (κ2) is 57.2. The molecule has 756 valence electrons. The number of hydrogen-bond acceptors (Lipinski definition) is 40. The van der Waals surface area contributed by atoms with Crippen molar-refractivity contribution >= 4 is 29.6 Å². The summed E-state index contributed by atoms with van der Waals surface area (Å²) in [5, 5.41) is 257. The van der Waals surface area contributed by atoms with Crippen LogP contribution in [0, 0.1) is 0 Å². The topological polar surface area (TPSA) is 708 Å². The molecule has 45 nitrogen and oxygen atoms in total. The Morgan fingerprint density at radius 2 is 0.800 bits per heavy atom. The van der Waals surface area contributed by atoms with Gasteiger partial charge in [-0.2, -0.15) is 0 Å². The fraction of sp³-hybridized carbons (Fsp3) is 0.918. The van der Waals surface area contributed by atoms with Crippen LogP contribution in [0.2, 0.25) is 0 Å². The maximum Gasteiger partial charge on any atom is 0.364 e. The normalized spacial score (nSPS) is 37.7. The van der Waals surface area contributed by atoms with Gasteiger partial charge in [-0.3, -0.25) is 19.2 Å². The molecule has 0 aromatic heterocycles. The van der Waals surface area contributed by atoms with E-state index in [-0.39, 0.29) is 6.42 Å². The minimum absolute atomic E-state index is 0.108. The summed E-state index contributed by atoms with van der Waals surface area (Å²) in [7, 11) is 0. The van der Waals surface area contributed by atoms with Crippen LogP contribution in [0.3, 0.4) is 0 Å². The Morgan fingerprint density at radius 1 is 0.408 bits per heavy atom. The van der Waals surface area contributed by atoms with E-state index in [1.165, 1.54) is 89.5 Å². The van der Waals surface area contributed by atoms with Gasteiger partial charge in [0.1, 0.15) is 165 Å². The number of carboxylic acid groups (broad SMARTS) is 1. The van der Waals surface area contributed by atoms with E-state index in [4.69, 9.17) is 66.3 Å². The van der Waals surface area contributed by atoms with Gasteiger partial charge in [-0.05, 0) is 19.3 Å². The van der Waals surface area contributed by atoms with Gasteiger partial charge in [-0.15, -0.1) is 0 Å². The number of aliphatic hydroxyl groups excluding tert-OH is 21. The Hall–Kier alpha value is -4.31. The van der Waals surface area contributed by atoms with E-state index in [1.807, 2.05) is 0 Å². The molecule has 0 saturated carbocycles. The SMILES string of the molecule is CCCCCCCCCCCCC/C=C/[C@@H](O)[C@H](CO[C@@H]1OC(CO)[C@@H](O[C@@H]2OC(CO[C@@H]3OC(CO)[C@@H](O[C@@H]4OC(CO)[C@H](O)[C@H](O)C4O)[C@H](O)C3NC(C)=O)[C@H](O)[C@H](O[C@@H]3OC(CO)[C@@H](O[C@@H]4OC(CO[C@]5(C(=O)O)CC(O)[C@@H](NC(C)=O)C([C@H](O)[C@H](O)CO)O5)[C@H](O)[C@H](O)C4O)[C@H](O)C3NC(C)=O)C2O)[C@H](O)C1O)NC(=O)CCCCCCCCCCCCCCC. The lowest BCUT2D eigenvalue weighted by molar-refractivity contribution is -0.386. The first-order chi connectivity index (χ1) is 62.0. The van der Waals surface area contributed by atoms with E-state index in [2.05, 4.69) is 35.1 Å². The first kappa shape index (κ1) is 113. The number of nitrogens with one attached hydrogen (secondary N) is 4. The molecule has 45 heteroatoms. The number of rotatable bonds is 57. The largest absolute Gasteiger partial charge is 0.477 e. The minimum atomic E-state index is -3.06. The van der Waals surface area contributed by atoms with Gasteiger partial charge in [0.05, 0.1) is 77.1 Å². The van der Waals surface area contributed by atoms with Crippen LogP contribution in [0.15, 0.2) is 12.2 Å². The number of unbranched alkanes of at least 4 members (excludes halogenated alkanes) is 23. The molecule has 7 fully saturated rings. The van der Waals surface area contributed by atoms with E-state index < -0.39 is 321 Å². The Bertz CT molecular complexity index is 3260. The molecule has 0 bridgehead atoms. The van der Waals surface area contributed by atoms with Crippen molar-refractivity contribution in [3.63, 3.8) is 0 Å². The zero-order valence-corrected chi connectivity index (χ0v) is 74.9. The monoisotopic (exact) mass is 1880 g/mol. The predicted molar refractivity (Wildman–Crippen MR) is 446 cm³/mol. The highest BCUT2D eigenvalue weighted by Crippen LogP contribution is 2.40. The molecule has 4 amide bonds. The molecule has 0 spiro atoms. The lowest BCUT2D eigenvalue weighted by atomic mass is 9.88. The van der Waals surface area contributed by atoms with Crippen molar-refractivity contribution in [2.75, 3.05) is 52.9 Å². The number of carboxylic acids is 1. The number of carbonyl (C=O) groups excluding carboxylic acids is 4. The third kappa shape index (κ3) is 32.4. The Kier molecular flexibility index (Phi) is 49.5. The Morgan fingerprint density at radius 3 is 1.27 bits per heavy atom. The van der Waals surface area contributed by atoms with Crippen molar-refractivity contribution in [3.05, 3.63) is 12.2 Å². The Balaban J connectivity index is 1.13. The summed E-state index contributed by atoms with van der Waals surface area (Å²) < 4.78 is 83.4. The van der Waals surface area contributed by atoms with Gasteiger partial charge in [0.25, 0.3) is 5.79 Å². The molecular weight excluding hydrogens is 1730 g/mol.